The van der Waals surface area contributed by atoms with E-state index in [2.05, 4.69) is 0 Å². The van der Waals surface area contributed by atoms with Crippen LogP contribution in [0.25, 0.3) is 12.2 Å². The molecule has 0 saturated carbocycles. The van der Waals surface area contributed by atoms with Crippen molar-refractivity contribution in [2.24, 2.45) is 0 Å². The molecule has 0 bridgehead atoms. The molecule has 0 aliphatic heterocycles. The molecule has 2 aromatic carbocycles. The lowest BCUT2D eigenvalue weighted by Gasteiger charge is -2.11. The van der Waals surface area contributed by atoms with E-state index in [0.29, 0.717) is 0 Å². The van der Waals surface area contributed by atoms with Crippen molar-refractivity contribution in [1.29, 1.82) is 0 Å². The summed E-state index contributed by atoms with van der Waals surface area (Å²) in [5.74, 6) is 0. The molecule has 0 spiro atoms. The fraction of sp³-hybridized carbons (Fsp3) is 0.125. The summed E-state index contributed by atoms with van der Waals surface area (Å²) in [6.07, 6.45) is 3.88. The summed E-state index contributed by atoms with van der Waals surface area (Å²) in [4.78, 5) is 20.1. The highest BCUT2D eigenvalue weighted by molar-refractivity contribution is 7.60. The first kappa shape index (κ1) is 15.5. The van der Waals surface area contributed by atoms with Gasteiger partial charge in [0.1, 0.15) is 0 Å². The van der Waals surface area contributed by atoms with E-state index in [1.54, 1.807) is 12.1 Å². The standard InChI is InChI=1S/C16H18NO3P/c1-17(2)15-9-5-13(6-10-15)3-4-14-7-11-16(12-8-14)21(18,19)20/h3-12H,1-2H3,(H2,18,19,20)/b4-3+. The maximum atomic E-state index is 11.1. The summed E-state index contributed by atoms with van der Waals surface area (Å²) in [7, 11) is -0.172. The third-order valence-electron chi connectivity index (χ3n) is 3.11. The SMILES string of the molecule is CN(C)c1ccc(/C=C/c2ccc(P(=O)(O)O)cc2)cc1. The summed E-state index contributed by atoms with van der Waals surface area (Å²) >= 11 is 0. The van der Waals surface area contributed by atoms with E-state index in [-0.39, 0.29) is 5.30 Å². The summed E-state index contributed by atoms with van der Waals surface area (Å²) in [5, 5.41) is 0.0370. The molecule has 4 nitrogen and oxygen atoms in total. The molecule has 0 aliphatic rings. The Morgan fingerprint density at radius 1 is 0.857 bits per heavy atom. The maximum Gasteiger partial charge on any atom is 0.356 e. The van der Waals surface area contributed by atoms with Crippen LogP contribution in [0.5, 0.6) is 0 Å². The van der Waals surface area contributed by atoms with Gasteiger partial charge >= 0.3 is 7.60 Å². The zero-order valence-electron chi connectivity index (χ0n) is 12.0. The predicted octanol–water partition coefficient (Wildman–Crippen LogP) is 2.73. The van der Waals surface area contributed by atoms with E-state index in [9.17, 15) is 4.57 Å². The summed E-state index contributed by atoms with van der Waals surface area (Å²) in [6.45, 7) is 0. The smallest absolute Gasteiger partial charge is 0.356 e. The molecule has 0 heterocycles. The predicted molar refractivity (Wildman–Crippen MR) is 87.8 cm³/mol. The van der Waals surface area contributed by atoms with Gasteiger partial charge in [-0.05, 0) is 35.4 Å². The van der Waals surface area contributed by atoms with Gasteiger partial charge in [0.05, 0.1) is 5.30 Å². The Kier molecular flexibility index (Phi) is 4.63. The second-order valence-electron chi connectivity index (χ2n) is 4.95. The van der Waals surface area contributed by atoms with Gasteiger partial charge < -0.3 is 14.7 Å². The van der Waals surface area contributed by atoms with Gasteiger partial charge in [-0.3, -0.25) is 4.57 Å². The van der Waals surface area contributed by atoms with Crippen molar-refractivity contribution < 1.29 is 14.4 Å². The van der Waals surface area contributed by atoms with Gasteiger partial charge in [0, 0.05) is 19.8 Å². The van der Waals surface area contributed by atoms with E-state index in [1.165, 1.54) is 12.1 Å². The molecule has 0 unspecified atom stereocenters. The first-order chi connectivity index (χ1) is 9.86. The third-order valence-corrected chi connectivity index (χ3v) is 4.08. The van der Waals surface area contributed by atoms with Crippen molar-refractivity contribution in [1.82, 2.24) is 0 Å². The fourth-order valence-corrected chi connectivity index (χ4v) is 2.39. The number of hydrogen-bond acceptors (Lipinski definition) is 2. The fourth-order valence-electron chi connectivity index (χ4n) is 1.86. The van der Waals surface area contributed by atoms with Crippen molar-refractivity contribution in [2.75, 3.05) is 19.0 Å². The second-order valence-corrected chi connectivity index (χ2v) is 6.56. The summed E-state index contributed by atoms with van der Waals surface area (Å²) in [5.41, 5.74) is 3.10. The normalized spacial score (nSPS) is 11.8. The van der Waals surface area contributed by atoms with Crippen LogP contribution >= 0.6 is 7.60 Å². The zero-order valence-corrected chi connectivity index (χ0v) is 12.9. The van der Waals surface area contributed by atoms with Gasteiger partial charge in [0.25, 0.3) is 0 Å². The largest absolute Gasteiger partial charge is 0.378 e. The molecule has 0 radical (unpaired) electrons. The Balaban J connectivity index is 2.12. The minimum Gasteiger partial charge on any atom is -0.378 e. The number of hydrogen-bond donors (Lipinski definition) is 2. The molecule has 21 heavy (non-hydrogen) atoms. The molecule has 2 N–H and O–H groups in total. The number of anilines is 1. The Bertz CT molecular complexity index is 670. The monoisotopic (exact) mass is 303 g/mol. The number of nitrogens with zero attached hydrogens (tertiary/aromatic N) is 1. The van der Waals surface area contributed by atoms with Crippen LogP contribution in [0.2, 0.25) is 0 Å². The van der Waals surface area contributed by atoms with Crippen LogP contribution in [-0.2, 0) is 4.57 Å². The molecule has 2 aromatic rings. The van der Waals surface area contributed by atoms with Crippen molar-refractivity contribution in [3.05, 3.63) is 59.7 Å². The van der Waals surface area contributed by atoms with Crippen LogP contribution in [0.1, 0.15) is 11.1 Å². The molecule has 2 rings (SSSR count). The van der Waals surface area contributed by atoms with Gasteiger partial charge in [0.15, 0.2) is 0 Å². The van der Waals surface area contributed by atoms with Gasteiger partial charge in [-0.25, -0.2) is 0 Å². The number of rotatable bonds is 4. The molecule has 0 aromatic heterocycles. The summed E-state index contributed by atoms with van der Waals surface area (Å²) < 4.78 is 11.1. The van der Waals surface area contributed by atoms with Crippen LogP contribution in [0.3, 0.4) is 0 Å². The minimum atomic E-state index is -4.16. The van der Waals surface area contributed by atoms with Gasteiger partial charge in [-0.1, -0.05) is 36.4 Å². The van der Waals surface area contributed by atoms with E-state index >= 15 is 0 Å². The Morgan fingerprint density at radius 3 is 1.67 bits per heavy atom. The Morgan fingerprint density at radius 2 is 1.29 bits per heavy atom. The van der Waals surface area contributed by atoms with Gasteiger partial charge in [-0.2, -0.15) is 0 Å². The number of benzene rings is 2. The molecular weight excluding hydrogens is 285 g/mol. The second kappa shape index (κ2) is 6.27. The van der Waals surface area contributed by atoms with Crippen LogP contribution in [-0.4, -0.2) is 23.9 Å². The lowest BCUT2D eigenvalue weighted by atomic mass is 10.1. The van der Waals surface area contributed by atoms with E-state index in [0.717, 1.165) is 16.8 Å². The average Bonchev–Trinajstić information content (AvgIpc) is 2.45. The highest BCUT2D eigenvalue weighted by Crippen LogP contribution is 2.32. The molecule has 0 fully saturated rings. The minimum absolute atomic E-state index is 0.0370. The van der Waals surface area contributed by atoms with Gasteiger partial charge in [0.2, 0.25) is 0 Å². The van der Waals surface area contributed by atoms with E-state index in [4.69, 9.17) is 9.79 Å². The van der Waals surface area contributed by atoms with Crippen molar-refractivity contribution >= 4 is 30.7 Å². The lowest BCUT2D eigenvalue weighted by molar-refractivity contribution is 0.387. The Labute approximate surface area is 124 Å². The van der Waals surface area contributed by atoms with Crippen LogP contribution in [0.15, 0.2) is 48.5 Å². The topological polar surface area (TPSA) is 60.8 Å². The first-order valence-corrected chi connectivity index (χ1v) is 8.09. The molecule has 0 aliphatic carbocycles. The third kappa shape index (κ3) is 4.30. The molecule has 0 saturated heterocycles. The van der Waals surface area contributed by atoms with Crippen LogP contribution in [0, 0.1) is 0 Å². The molecule has 0 atom stereocenters. The zero-order chi connectivity index (χ0) is 15.5. The molecule has 110 valence electrons. The van der Waals surface area contributed by atoms with Crippen molar-refractivity contribution in [3.8, 4) is 0 Å². The van der Waals surface area contributed by atoms with Crippen molar-refractivity contribution in [2.45, 2.75) is 0 Å². The highest BCUT2D eigenvalue weighted by Gasteiger charge is 2.15. The van der Waals surface area contributed by atoms with Crippen LogP contribution < -0.4 is 10.2 Å². The molecular formula is C16H18NO3P. The van der Waals surface area contributed by atoms with Gasteiger partial charge in [-0.15, -0.1) is 0 Å². The summed E-state index contributed by atoms with van der Waals surface area (Å²) in [6, 6.07) is 14.4. The van der Waals surface area contributed by atoms with Crippen molar-refractivity contribution in [3.63, 3.8) is 0 Å². The average molecular weight is 303 g/mol. The highest BCUT2D eigenvalue weighted by atomic mass is 31.2. The van der Waals surface area contributed by atoms with E-state index in [1.807, 2.05) is 55.4 Å². The molecule has 5 heteroatoms. The maximum absolute atomic E-state index is 11.1. The Hall–Kier alpha value is -1.87. The van der Waals surface area contributed by atoms with E-state index < -0.39 is 7.60 Å². The quantitative estimate of drug-likeness (QED) is 0.673. The molecule has 0 amide bonds. The first-order valence-electron chi connectivity index (χ1n) is 6.48. The lowest BCUT2D eigenvalue weighted by Crippen LogP contribution is -2.07. The van der Waals surface area contributed by atoms with Crippen LogP contribution in [0.4, 0.5) is 5.69 Å².